The van der Waals surface area contributed by atoms with Gasteiger partial charge >= 0.3 is 5.97 Å². The van der Waals surface area contributed by atoms with E-state index >= 15 is 0 Å². The molecule has 5 heteroatoms. The Bertz CT molecular complexity index is 462. The molecule has 82 valence electrons. The minimum absolute atomic E-state index is 0.0721. The van der Waals surface area contributed by atoms with Gasteiger partial charge in [-0.05, 0) is 11.2 Å². The van der Waals surface area contributed by atoms with Crippen molar-refractivity contribution in [2.45, 2.75) is 13.0 Å². The molecule has 0 fully saturated rings. The van der Waals surface area contributed by atoms with Crippen molar-refractivity contribution in [3.63, 3.8) is 0 Å². The molecule has 0 radical (unpaired) electrons. The molecular formula is C11H11N2O3+. The van der Waals surface area contributed by atoms with E-state index in [1.54, 1.807) is 29.6 Å². The lowest BCUT2D eigenvalue weighted by atomic mass is 10.2. The lowest BCUT2D eigenvalue weighted by molar-refractivity contribution is -0.752. The third kappa shape index (κ3) is 2.44. The summed E-state index contributed by atoms with van der Waals surface area (Å²) in [4.78, 5) is 10.4. The molecule has 2 heterocycles. The molecule has 0 bridgehead atoms. The molecule has 0 aliphatic carbocycles. The monoisotopic (exact) mass is 219 g/mol. The van der Waals surface area contributed by atoms with Crippen LogP contribution >= 0.6 is 0 Å². The molecule has 0 aromatic carbocycles. The number of carboxylic acid groups (broad SMARTS) is 1. The summed E-state index contributed by atoms with van der Waals surface area (Å²) < 4.78 is 6.56. The number of aromatic nitrogens is 2. The highest BCUT2D eigenvalue weighted by molar-refractivity contribution is 5.66. The zero-order valence-electron chi connectivity index (χ0n) is 8.54. The van der Waals surface area contributed by atoms with Crippen molar-refractivity contribution in [2.75, 3.05) is 0 Å². The van der Waals surface area contributed by atoms with Crippen LogP contribution < -0.4 is 4.68 Å². The van der Waals surface area contributed by atoms with E-state index in [-0.39, 0.29) is 6.42 Å². The number of carboxylic acids is 1. The lowest BCUT2D eigenvalue weighted by Gasteiger charge is -1.94. The van der Waals surface area contributed by atoms with Gasteiger partial charge in [0.15, 0.2) is 12.7 Å². The van der Waals surface area contributed by atoms with Gasteiger partial charge in [-0.25, -0.2) is 0 Å². The molecule has 1 N–H and O–H groups in total. The minimum Gasteiger partial charge on any atom is -0.481 e. The van der Waals surface area contributed by atoms with Crippen LogP contribution in [0.3, 0.4) is 0 Å². The van der Waals surface area contributed by atoms with Gasteiger partial charge in [0.25, 0.3) is 0 Å². The Balaban J connectivity index is 2.08. The van der Waals surface area contributed by atoms with Crippen molar-refractivity contribution in [3.05, 3.63) is 37.1 Å². The SMILES string of the molecule is O=C(O)CC[n+]1ccc(-c2ccoc2)cn1. The molecule has 0 spiro atoms. The number of hydrogen-bond donors (Lipinski definition) is 1. The maximum atomic E-state index is 10.4. The first kappa shape index (κ1) is 10.4. The van der Waals surface area contributed by atoms with Crippen LogP contribution in [0.25, 0.3) is 11.1 Å². The number of carbonyl (C=O) groups is 1. The smallest absolute Gasteiger partial charge is 0.309 e. The summed E-state index contributed by atoms with van der Waals surface area (Å²) in [6.45, 7) is 0.376. The van der Waals surface area contributed by atoms with Crippen LogP contribution in [0.2, 0.25) is 0 Å². The third-order valence-electron chi connectivity index (χ3n) is 2.18. The van der Waals surface area contributed by atoms with Gasteiger partial charge in [-0.3, -0.25) is 4.79 Å². The summed E-state index contributed by atoms with van der Waals surface area (Å²) in [5, 5.41) is 12.6. The predicted octanol–water partition coefficient (Wildman–Crippen LogP) is 1.10. The Kier molecular flexibility index (Phi) is 2.95. The van der Waals surface area contributed by atoms with Gasteiger partial charge in [0.05, 0.1) is 12.5 Å². The number of hydrogen-bond acceptors (Lipinski definition) is 3. The molecule has 0 atom stereocenters. The van der Waals surface area contributed by atoms with Gasteiger partial charge in [0.1, 0.15) is 12.6 Å². The summed E-state index contributed by atoms with van der Waals surface area (Å²) in [5.41, 5.74) is 1.90. The van der Waals surface area contributed by atoms with Gasteiger partial charge < -0.3 is 9.52 Å². The highest BCUT2D eigenvalue weighted by Crippen LogP contribution is 2.16. The second-order valence-corrected chi connectivity index (χ2v) is 3.33. The molecule has 0 saturated carbocycles. The highest BCUT2D eigenvalue weighted by Gasteiger charge is 2.07. The number of aliphatic carboxylic acids is 1. The summed E-state index contributed by atoms with van der Waals surface area (Å²) in [7, 11) is 0. The van der Waals surface area contributed by atoms with Crippen molar-refractivity contribution in [3.8, 4) is 11.1 Å². The van der Waals surface area contributed by atoms with E-state index in [1.165, 1.54) is 0 Å². The second kappa shape index (κ2) is 4.57. The molecule has 2 rings (SSSR count). The van der Waals surface area contributed by atoms with E-state index in [0.717, 1.165) is 11.1 Å². The Hall–Kier alpha value is -2.17. The second-order valence-electron chi connectivity index (χ2n) is 3.33. The number of nitrogens with zero attached hydrogens (tertiary/aromatic N) is 2. The van der Waals surface area contributed by atoms with Gasteiger partial charge in [-0.2, -0.15) is 0 Å². The first-order valence-corrected chi connectivity index (χ1v) is 4.86. The molecule has 0 saturated heterocycles. The molecule has 0 aliphatic heterocycles. The topological polar surface area (TPSA) is 67.2 Å². The largest absolute Gasteiger partial charge is 0.481 e. The standard InChI is InChI=1S/C11H10N2O3/c14-11(15)2-5-13-4-1-9(7-12-13)10-3-6-16-8-10/h1,3-4,6-8H,2,5H2/p+1. The molecule has 5 nitrogen and oxygen atoms in total. The average molecular weight is 219 g/mol. The number of furan rings is 1. The summed E-state index contributed by atoms with van der Waals surface area (Å²) >= 11 is 0. The predicted molar refractivity (Wildman–Crippen MR) is 54.4 cm³/mol. The van der Waals surface area contributed by atoms with E-state index in [4.69, 9.17) is 9.52 Å². The average Bonchev–Trinajstić information content (AvgIpc) is 2.80. The van der Waals surface area contributed by atoms with Crippen molar-refractivity contribution in [1.29, 1.82) is 0 Å². The Morgan fingerprint density at radius 2 is 2.31 bits per heavy atom. The molecule has 2 aromatic heterocycles. The van der Waals surface area contributed by atoms with Crippen LogP contribution in [0.1, 0.15) is 6.42 Å². The van der Waals surface area contributed by atoms with E-state index in [2.05, 4.69) is 5.10 Å². The van der Waals surface area contributed by atoms with Crippen molar-refractivity contribution < 1.29 is 19.0 Å². The fourth-order valence-electron chi connectivity index (χ4n) is 1.33. The maximum absolute atomic E-state index is 10.4. The molecule has 0 aliphatic rings. The fourth-order valence-corrected chi connectivity index (χ4v) is 1.33. The first-order chi connectivity index (χ1) is 7.75. The van der Waals surface area contributed by atoms with Crippen molar-refractivity contribution in [1.82, 2.24) is 5.10 Å². The quantitative estimate of drug-likeness (QED) is 0.782. The summed E-state index contributed by atoms with van der Waals surface area (Å²) in [5.74, 6) is -0.826. The lowest BCUT2D eigenvalue weighted by Crippen LogP contribution is -2.38. The van der Waals surface area contributed by atoms with Gasteiger partial charge in [0.2, 0.25) is 0 Å². The number of aryl methyl sites for hydroxylation is 1. The Morgan fingerprint density at radius 1 is 1.44 bits per heavy atom. The minimum atomic E-state index is -0.826. The Labute approximate surface area is 92.0 Å². The zero-order chi connectivity index (χ0) is 11.4. The fraction of sp³-hybridized carbons (Fsp3) is 0.182. The van der Waals surface area contributed by atoms with Crippen molar-refractivity contribution in [2.24, 2.45) is 0 Å². The van der Waals surface area contributed by atoms with Crippen LogP contribution in [0.15, 0.2) is 41.5 Å². The third-order valence-corrected chi connectivity index (χ3v) is 2.18. The normalized spacial score (nSPS) is 10.2. The van der Waals surface area contributed by atoms with Gasteiger partial charge in [-0.1, -0.05) is 4.68 Å². The molecule has 0 amide bonds. The van der Waals surface area contributed by atoms with E-state index in [9.17, 15) is 4.79 Å². The van der Waals surface area contributed by atoms with Crippen LogP contribution in [-0.4, -0.2) is 16.2 Å². The maximum Gasteiger partial charge on any atom is 0.309 e. The van der Waals surface area contributed by atoms with E-state index in [1.807, 2.05) is 12.1 Å². The van der Waals surface area contributed by atoms with Crippen LogP contribution in [0.4, 0.5) is 0 Å². The summed E-state index contributed by atoms with van der Waals surface area (Å²) in [6.07, 6.45) is 6.75. The molecule has 16 heavy (non-hydrogen) atoms. The van der Waals surface area contributed by atoms with E-state index < -0.39 is 5.97 Å². The van der Waals surface area contributed by atoms with Crippen LogP contribution in [0.5, 0.6) is 0 Å². The first-order valence-electron chi connectivity index (χ1n) is 4.86. The summed E-state index contributed by atoms with van der Waals surface area (Å²) in [6, 6.07) is 3.72. The highest BCUT2D eigenvalue weighted by atomic mass is 16.4. The van der Waals surface area contributed by atoms with E-state index in [0.29, 0.717) is 6.54 Å². The Morgan fingerprint density at radius 3 is 2.88 bits per heavy atom. The van der Waals surface area contributed by atoms with Crippen LogP contribution in [-0.2, 0) is 11.3 Å². The van der Waals surface area contributed by atoms with Crippen molar-refractivity contribution >= 4 is 5.97 Å². The molecule has 2 aromatic rings. The molecule has 0 unspecified atom stereocenters. The number of rotatable bonds is 4. The zero-order valence-corrected chi connectivity index (χ0v) is 8.54. The van der Waals surface area contributed by atoms with Gasteiger partial charge in [0, 0.05) is 17.2 Å². The van der Waals surface area contributed by atoms with Crippen LogP contribution in [0, 0.1) is 0 Å². The van der Waals surface area contributed by atoms with Gasteiger partial charge in [-0.15, -0.1) is 0 Å². The molecular weight excluding hydrogens is 208 g/mol.